The molecule has 0 saturated carbocycles. The molecule has 1 aliphatic rings. The highest BCUT2D eigenvalue weighted by atomic mass is 19.1. The fraction of sp³-hybridized carbons (Fsp3) is 0.318. The SMILES string of the molecule is CCCc1nc2c(c(=O)[nH]1)CN(Cc1ccc(-c3ccc(F)cc3)nc1)CC2. The van der Waals surface area contributed by atoms with E-state index >= 15 is 0 Å². The first-order valence-corrected chi connectivity index (χ1v) is 9.66. The second kappa shape index (κ2) is 8.02. The molecule has 28 heavy (non-hydrogen) atoms. The van der Waals surface area contributed by atoms with E-state index in [0.717, 1.165) is 66.3 Å². The van der Waals surface area contributed by atoms with Crippen LogP contribution in [-0.2, 0) is 25.9 Å². The minimum atomic E-state index is -0.253. The molecule has 0 fully saturated rings. The monoisotopic (exact) mass is 378 g/mol. The smallest absolute Gasteiger partial charge is 0.255 e. The Labute approximate surface area is 163 Å². The number of aromatic nitrogens is 3. The minimum Gasteiger partial charge on any atom is -0.310 e. The molecule has 0 saturated heterocycles. The lowest BCUT2D eigenvalue weighted by atomic mass is 10.1. The zero-order valence-corrected chi connectivity index (χ0v) is 15.9. The molecular weight excluding hydrogens is 355 g/mol. The largest absolute Gasteiger partial charge is 0.310 e. The van der Waals surface area contributed by atoms with E-state index in [-0.39, 0.29) is 11.4 Å². The Bertz CT molecular complexity index is 1010. The molecule has 5 nitrogen and oxygen atoms in total. The molecule has 0 bridgehead atoms. The van der Waals surface area contributed by atoms with Crippen LogP contribution in [-0.4, -0.2) is 26.4 Å². The fourth-order valence-corrected chi connectivity index (χ4v) is 3.59. The van der Waals surface area contributed by atoms with Crippen molar-refractivity contribution in [2.45, 2.75) is 39.3 Å². The number of fused-ring (bicyclic) bond motifs is 1. The van der Waals surface area contributed by atoms with Gasteiger partial charge in [-0.1, -0.05) is 13.0 Å². The maximum Gasteiger partial charge on any atom is 0.255 e. The molecule has 1 aliphatic heterocycles. The van der Waals surface area contributed by atoms with Crippen molar-refractivity contribution in [3.05, 3.63) is 81.4 Å². The predicted octanol–water partition coefficient (Wildman–Crippen LogP) is 3.48. The summed E-state index contributed by atoms with van der Waals surface area (Å²) < 4.78 is 13.1. The third-order valence-corrected chi connectivity index (χ3v) is 5.05. The van der Waals surface area contributed by atoms with E-state index in [1.54, 1.807) is 12.1 Å². The highest BCUT2D eigenvalue weighted by molar-refractivity contribution is 5.58. The second-order valence-corrected chi connectivity index (χ2v) is 7.21. The van der Waals surface area contributed by atoms with E-state index in [2.05, 4.69) is 26.8 Å². The Hall–Kier alpha value is -2.86. The number of rotatable bonds is 5. The normalized spacial score (nSPS) is 14.1. The van der Waals surface area contributed by atoms with Gasteiger partial charge in [0.1, 0.15) is 11.6 Å². The number of hydrogen-bond donors (Lipinski definition) is 1. The van der Waals surface area contributed by atoms with Gasteiger partial charge in [0.2, 0.25) is 0 Å². The van der Waals surface area contributed by atoms with Crippen LogP contribution in [0.5, 0.6) is 0 Å². The van der Waals surface area contributed by atoms with E-state index in [0.29, 0.717) is 6.54 Å². The third kappa shape index (κ3) is 4.02. The van der Waals surface area contributed by atoms with E-state index in [1.165, 1.54) is 12.1 Å². The van der Waals surface area contributed by atoms with Crippen LogP contribution in [0.15, 0.2) is 47.4 Å². The number of nitrogens with zero attached hydrogens (tertiary/aromatic N) is 3. The van der Waals surface area contributed by atoms with Crippen molar-refractivity contribution in [3.8, 4) is 11.3 Å². The van der Waals surface area contributed by atoms with Gasteiger partial charge in [-0.15, -0.1) is 0 Å². The first kappa shape index (κ1) is 18.5. The molecule has 4 rings (SSSR count). The van der Waals surface area contributed by atoms with Gasteiger partial charge in [-0.05, 0) is 42.3 Å². The van der Waals surface area contributed by atoms with Crippen LogP contribution in [0.2, 0.25) is 0 Å². The van der Waals surface area contributed by atoms with E-state index in [9.17, 15) is 9.18 Å². The average Bonchev–Trinajstić information content (AvgIpc) is 2.70. The third-order valence-electron chi connectivity index (χ3n) is 5.05. The number of hydrogen-bond acceptors (Lipinski definition) is 4. The van der Waals surface area contributed by atoms with Crippen molar-refractivity contribution in [2.24, 2.45) is 0 Å². The summed E-state index contributed by atoms with van der Waals surface area (Å²) in [6.07, 6.45) is 4.41. The number of halogens is 1. The van der Waals surface area contributed by atoms with Gasteiger partial charge in [-0.3, -0.25) is 14.7 Å². The van der Waals surface area contributed by atoms with Crippen molar-refractivity contribution in [1.29, 1.82) is 0 Å². The lowest BCUT2D eigenvalue weighted by molar-refractivity contribution is 0.241. The van der Waals surface area contributed by atoms with Crippen LogP contribution in [0.25, 0.3) is 11.3 Å². The molecule has 0 amide bonds. The summed E-state index contributed by atoms with van der Waals surface area (Å²) in [7, 11) is 0. The molecule has 2 aromatic heterocycles. The number of pyridine rings is 1. The topological polar surface area (TPSA) is 61.9 Å². The lowest BCUT2D eigenvalue weighted by Crippen LogP contribution is -2.35. The van der Waals surface area contributed by atoms with Crippen molar-refractivity contribution < 1.29 is 4.39 Å². The molecule has 0 spiro atoms. The summed E-state index contributed by atoms with van der Waals surface area (Å²) in [5.74, 6) is 0.539. The zero-order valence-electron chi connectivity index (χ0n) is 15.9. The first-order valence-electron chi connectivity index (χ1n) is 9.66. The quantitative estimate of drug-likeness (QED) is 0.738. The van der Waals surface area contributed by atoms with E-state index in [1.807, 2.05) is 18.3 Å². The van der Waals surface area contributed by atoms with Crippen molar-refractivity contribution in [2.75, 3.05) is 6.54 Å². The zero-order chi connectivity index (χ0) is 19.5. The summed E-state index contributed by atoms with van der Waals surface area (Å²) in [5, 5.41) is 0. The molecule has 0 aliphatic carbocycles. The molecule has 3 aromatic rings. The lowest BCUT2D eigenvalue weighted by Gasteiger charge is -2.27. The van der Waals surface area contributed by atoms with Crippen molar-refractivity contribution >= 4 is 0 Å². The molecule has 0 unspecified atom stereocenters. The van der Waals surface area contributed by atoms with Crippen molar-refractivity contribution in [1.82, 2.24) is 19.9 Å². The maximum atomic E-state index is 13.1. The summed E-state index contributed by atoms with van der Waals surface area (Å²) in [5.41, 5.74) is 4.50. The minimum absolute atomic E-state index is 0.0112. The van der Waals surface area contributed by atoms with Gasteiger partial charge in [-0.25, -0.2) is 9.37 Å². The molecule has 1 aromatic carbocycles. The van der Waals surface area contributed by atoms with Gasteiger partial charge in [-0.2, -0.15) is 0 Å². The van der Waals surface area contributed by atoms with Gasteiger partial charge >= 0.3 is 0 Å². The molecule has 0 radical (unpaired) electrons. The molecule has 144 valence electrons. The molecule has 3 heterocycles. The van der Waals surface area contributed by atoms with Crippen LogP contribution in [0, 0.1) is 5.82 Å². The van der Waals surface area contributed by atoms with Crippen molar-refractivity contribution in [3.63, 3.8) is 0 Å². The number of benzene rings is 1. The number of nitrogens with one attached hydrogen (secondary N) is 1. The summed E-state index contributed by atoms with van der Waals surface area (Å²) in [6, 6.07) is 10.3. The van der Waals surface area contributed by atoms with Crippen LogP contribution in [0.4, 0.5) is 4.39 Å². The molecular formula is C22H23FN4O. The van der Waals surface area contributed by atoms with Crippen LogP contribution in [0.1, 0.15) is 36.0 Å². The summed E-state index contributed by atoms with van der Waals surface area (Å²) in [6.45, 7) is 4.28. The second-order valence-electron chi connectivity index (χ2n) is 7.21. The highest BCUT2D eigenvalue weighted by Gasteiger charge is 2.21. The number of H-pyrrole nitrogens is 1. The average molecular weight is 378 g/mol. The fourth-order valence-electron chi connectivity index (χ4n) is 3.59. The summed E-state index contributed by atoms with van der Waals surface area (Å²) >= 11 is 0. The Morgan fingerprint density at radius 1 is 1.18 bits per heavy atom. The van der Waals surface area contributed by atoms with E-state index in [4.69, 9.17) is 0 Å². The van der Waals surface area contributed by atoms with E-state index < -0.39 is 0 Å². The van der Waals surface area contributed by atoms with Crippen LogP contribution < -0.4 is 5.56 Å². The maximum absolute atomic E-state index is 13.1. The molecule has 1 N–H and O–H groups in total. The molecule has 0 atom stereocenters. The van der Waals surface area contributed by atoms with Crippen LogP contribution in [0.3, 0.4) is 0 Å². The Kier molecular flexibility index (Phi) is 5.30. The summed E-state index contributed by atoms with van der Waals surface area (Å²) in [4.78, 5) is 26.7. The van der Waals surface area contributed by atoms with Gasteiger partial charge < -0.3 is 4.98 Å². The van der Waals surface area contributed by atoms with Gasteiger partial charge in [0.15, 0.2) is 0 Å². The van der Waals surface area contributed by atoms with Gasteiger partial charge in [0, 0.05) is 44.2 Å². The first-order chi connectivity index (χ1) is 13.6. The Morgan fingerprint density at radius 3 is 2.71 bits per heavy atom. The van der Waals surface area contributed by atoms with Gasteiger partial charge in [0.25, 0.3) is 5.56 Å². The Balaban J connectivity index is 1.46. The van der Waals surface area contributed by atoms with Crippen LogP contribution >= 0.6 is 0 Å². The Morgan fingerprint density at radius 2 is 2.00 bits per heavy atom. The van der Waals surface area contributed by atoms with Gasteiger partial charge in [0.05, 0.1) is 17.0 Å². The predicted molar refractivity (Wildman–Crippen MR) is 106 cm³/mol. The standard InChI is InChI=1S/C22H23FN4O/c1-2-3-21-25-20-10-11-27(14-18(20)22(28)26-21)13-15-4-9-19(24-12-15)16-5-7-17(23)8-6-16/h4-9,12H,2-3,10-11,13-14H2,1H3,(H,25,26,28). The number of aromatic amines is 1. The number of aryl methyl sites for hydroxylation is 1. The highest BCUT2D eigenvalue weighted by Crippen LogP contribution is 2.20. The molecule has 6 heteroatoms.